The summed E-state index contributed by atoms with van der Waals surface area (Å²) >= 11 is 0. The van der Waals surface area contributed by atoms with Gasteiger partial charge in [0.25, 0.3) is 0 Å². The molecule has 3 amide bonds. The molecule has 1 aromatic rings. The molecule has 1 rings (SSSR count). The minimum atomic E-state index is -0.558. The fourth-order valence-electron chi connectivity index (χ4n) is 0.975. The van der Waals surface area contributed by atoms with Crippen molar-refractivity contribution < 1.29 is 9.59 Å². The normalized spacial score (nSPS) is 11.9. The molecule has 0 aromatic carbocycles. The number of rotatable bonds is 3. The number of hydrogen-bond acceptors (Lipinski definition) is 5. The molecule has 88 valence electrons. The van der Waals surface area contributed by atoms with E-state index in [1.165, 1.54) is 11.7 Å². The van der Waals surface area contributed by atoms with E-state index in [1.54, 1.807) is 13.1 Å². The molecule has 1 aromatic heterocycles. The molecule has 8 heteroatoms. The van der Waals surface area contributed by atoms with Gasteiger partial charge in [-0.2, -0.15) is 0 Å². The van der Waals surface area contributed by atoms with Crippen molar-refractivity contribution in [1.29, 1.82) is 0 Å². The van der Waals surface area contributed by atoms with Gasteiger partial charge in [-0.1, -0.05) is 5.21 Å². The van der Waals surface area contributed by atoms with Crippen LogP contribution >= 0.6 is 0 Å². The van der Waals surface area contributed by atoms with Crippen LogP contribution < -0.4 is 16.4 Å². The zero-order valence-corrected chi connectivity index (χ0v) is 9.10. The smallest absolute Gasteiger partial charge is 0.321 e. The number of carbonyl (C=O) groups is 2. The number of amides is 3. The van der Waals surface area contributed by atoms with Crippen LogP contribution in [0.5, 0.6) is 0 Å². The average Bonchev–Trinajstić information content (AvgIpc) is 2.65. The van der Waals surface area contributed by atoms with Gasteiger partial charge >= 0.3 is 6.03 Å². The van der Waals surface area contributed by atoms with Gasteiger partial charge in [-0.25, -0.2) is 9.48 Å². The van der Waals surface area contributed by atoms with Crippen molar-refractivity contribution in [2.75, 3.05) is 7.05 Å². The first kappa shape index (κ1) is 12.1. The monoisotopic (exact) mass is 226 g/mol. The Kier molecular flexibility index (Phi) is 3.95. The molecule has 0 bridgehead atoms. The second kappa shape index (κ2) is 5.21. The van der Waals surface area contributed by atoms with E-state index < -0.39 is 11.9 Å². The summed E-state index contributed by atoms with van der Waals surface area (Å²) in [6, 6.07) is -0.798. The van der Waals surface area contributed by atoms with E-state index in [2.05, 4.69) is 20.9 Å². The van der Waals surface area contributed by atoms with E-state index in [-0.39, 0.29) is 12.6 Å². The van der Waals surface area contributed by atoms with Gasteiger partial charge in [-0.05, 0) is 6.92 Å². The fourth-order valence-corrected chi connectivity index (χ4v) is 0.975. The summed E-state index contributed by atoms with van der Waals surface area (Å²) in [4.78, 5) is 22.1. The summed E-state index contributed by atoms with van der Waals surface area (Å²) in [5.41, 5.74) is 6.17. The summed E-state index contributed by atoms with van der Waals surface area (Å²) in [6.45, 7) is 1.69. The molecule has 4 N–H and O–H groups in total. The Hall–Kier alpha value is -1.96. The second-order valence-corrected chi connectivity index (χ2v) is 3.26. The summed E-state index contributed by atoms with van der Waals surface area (Å²) in [6.07, 6.45) is 1.56. The van der Waals surface area contributed by atoms with Gasteiger partial charge in [0, 0.05) is 13.1 Å². The largest absolute Gasteiger partial charge is 0.341 e. The molecule has 0 aliphatic carbocycles. The quantitative estimate of drug-likeness (QED) is 0.596. The molecule has 0 saturated carbocycles. The molecule has 0 fully saturated rings. The van der Waals surface area contributed by atoms with Crippen LogP contribution in [0.15, 0.2) is 6.20 Å². The second-order valence-electron chi connectivity index (χ2n) is 3.26. The number of imide groups is 1. The maximum absolute atomic E-state index is 11.3. The SMILES string of the molecule is CNC(=O)NC(=O)Cn1cc(C(C)N)nn1. The Balaban J connectivity index is 2.53. The third kappa shape index (κ3) is 3.31. The van der Waals surface area contributed by atoms with Crippen molar-refractivity contribution >= 4 is 11.9 Å². The molecule has 8 nitrogen and oxygen atoms in total. The lowest BCUT2D eigenvalue weighted by atomic mass is 10.3. The van der Waals surface area contributed by atoms with E-state index in [1.807, 2.05) is 0 Å². The summed E-state index contributed by atoms with van der Waals surface area (Å²) < 4.78 is 1.32. The van der Waals surface area contributed by atoms with Gasteiger partial charge in [-0.3, -0.25) is 10.1 Å². The highest BCUT2D eigenvalue weighted by molar-refractivity contribution is 5.93. The van der Waals surface area contributed by atoms with Crippen molar-refractivity contribution in [1.82, 2.24) is 25.6 Å². The standard InChI is InChI=1S/C8H14N6O2/c1-5(9)6-3-14(13-12-6)4-7(15)11-8(16)10-2/h3,5H,4,9H2,1-2H3,(H2,10,11,15,16). The first-order valence-electron chi connectivity index (χ1n) is 4.70. The van der Waals surface area contributed by atoms with Gasteiger partial charge in [0.05, 0.1) is 11.9 Å². The Labute approximate surface area is 92.2 Å². The first-order valence-corrected chi connectivity index (χ1v) is 4.70. The zero-order valence-electron chi connectivity index (χ0n) is 9.10. The molecule has 16 heavy (non-hydrogen) atoms. The number of urea groups is 1. The van der Waals surface area contributed by atoms with Gasteiger partial charge in [-0.15, -0.1) is 5.10 Å². The minimum absolute atomic E-state index is 0.0763. The Bertz CT molecular complexity index is 386. The van der Waals surface area contributed by atoms with Crippen molar-refractivity contribution in [2.24, 2.45) is 5.73 Å². The van der Waals surface area contributed by atoms with Crippen LogP contribution in [0, 0.1) is 0 Å². The van der Waals surface area contributed by atoms with Crippen molar-refractivity contribution in [3.63, 3.8) is 0 Å². The number of nitrogens with two attached hydrogens (primary N) is 1. The van der Waals surface area contributed by atoms with Crippen molar-refractivity contribution in [3.05, 3.63) is 11.9 Å². The molecule has 0 radical (unpaired) electrons. The van der Waals surface area contributed by atoms with Crippen LogP contribution in [0.1, 0.15) is 18.7 Å². The van der Waals surface area contributed by atoms with Gasteiger partial charge in [0.15, 0.2) is 0 Å². The predicted octanol–water partition coefficient (Wildman–Crippen LogP) is -1.25. The minimum Gasteiger partial charge on any atom is -0.341 e. The lowest BCUT2D eigenvalue weighted by Gasteiger charge is -2.02. The lowest BCUT2D eigenvalue weighted by molar-refractivity contribution is -0.120. The van der Waals surface area contributed by atoms with Crippen LogP contribution in [-0.4, -0.2) is 34.0 Å². The van der Waals surface area contributed by atoms with E-state index in [9.17, 15) is 9.59 Å². The van der Waals surface area contributed by atoms with Gasteiger partial charge in [0.2, 0.25) is 5.91 Å². The molecular formula is C8H14N6O2. The van der Waals surface area contributed by atoms with E-state index >= 15 is 0 Å². The number of aromatic nitrogens is 3. The Morgan fingerprint density at radius 2 is 2.31 bits per heavy atom. The number of nitrogens with zero attached hydrogens (tertiary/aromatic N) is 3. The fraction of sp³-hybridized carbons (Fsp3) is 0.500. The first-order chi connectivity index (χ1) is 7.52. The molecule has 1 heterocycles. The van der Waals surface area contributed by atoms with E-state index in [4.69, 9.17) is 5.73 Å². The molecular weight excluding hydrogens is 212 g/mol. The summed E-state index contributed by atoms with van der Waals surface area (Å²) in [7, 11) is 1.42. The van der Waals surface area contributed by atoms with Crippen molar-refractivity contribution in [2.45, 2.75) is 19.5 Å². The highest BCUT2D eigenvalue weighted by Crippen LogP contribution is 2.02. The predicted molar refractivity (Wildman–Crippen MR) is 55.2 cm³/mol. The molecule has 0 spiro atoms. The maximum Gasteiger partial charge on any atom is 0.321 e. The van der Waals surface area contributed by atoms with Crippen LogP contribution in [0.25, 0.3) is 0 Å². The third-order valence-corrected chi connectivity index (χ3v) is 1.81. The molecule has 0 aliphatic rings. The maximum atomic E-state index is 11.3. The molecule has 0 aliphatic heterocycles. The number of carbonyl (C=O) groups excluding carboxylic acids is 2. The third-order valence-electron chi connectivity index (χ3n) is 1.81. The van der Waals surface area contributed by atoms with Crippen LogP contribution in [-0.2, 0) is 11.3 Å². The highest BCUT2D eigenvalue weighted by Gasteiger charge is 2.10. The van der Waals surface area contributed by atoms with E-state index in [0.717, 1.165) is 0 Å². The highest BCUT2D eigenvalue weighted by atomic mass is 16.2. The van der Waals surface area contributed by atoms with E-state index in [0.29, 0.717) is 5.69 Å². The lowest BCUT2D eigenvalue weighted by Crippen LogP contribution is -2.39. The molecule has 1 atom stereocenters. The average molecular weight is 226 g/mol. The number of hydrogen-bond donors (Lipinski definition) is 3. The van der Waals surface area contributed by atoms with Crippen LogP contribution in [0.2, 0.25) is 0 Å². The Morgan fingerprint density at radius 3 is 2.81 bits per heavy atom. The topological polar surface area (TPSA) is 115 Å². The zero-order chi connectivity index (χ0) is 12.1. The van der Waals surface area contributed by atoms with Crippen molar-refractivity contribution in [3.8, 4) is 0 Å². The van der Waals surface area contributed by atoms with Crippen LogP contribution in [0.3, 0.4) is 0 Å². The summed E-state index contributed by atoms with van der Waals surface area (Å²) in [5, 5.41) is 11.9. The summed E-state index contributed by atoms with van der Waals surface area (Å²) in [5.74, 6) is -0.472. The number of nitrogens with one attached hydrogen (secondary N) is 2. The van der Waals surface area contributed by atoms with Gasteiger partial charge < -0.3 is 11.1 Å². The van der Waals surface area contributed by atoms with Gasteiger partial charge in [0.1, 0.15) is 6.54 Å². The van der Waals surface area contributed by atoms with Crippen LogP contribution in [0.4, 0.5) is 4.79 Å². The molecule has 0 saturated heterocycles. The molecule has 1 unspecified atom stereocenters. The Morgan fingerprint density at radius 1 is 1.62 bits per heavy atom.